The topological polar surface area (TPSA) is 74.0 Å². The van der Waals surface area contributed by atoms with Crippen LogP contribution in [0.3, 0.4) is 0 Å². The van der Waals surface area contributed by atoms with Crippen molar-refractivity contribution in [2.45, 2.75) is 16.8 Å². The van der Waals surface area contributed by atoms with Gasteiger partial charge in [0.05, 0.1) is 11.1 Å². The summed E-state index contributed by atoms with van der Waals surface area (Å²) >= 11 is 1.13. The number of aryl methyl sites for hydroxylation is 1. The molecule has 0 aliphatic heterocycles. The summed E-state index contributed by atoms with van der Waals surface area (Å²) in [6.45, 7) is 1.79. The van der Waals surface area contributed by atoms with E-state index in [1.807, 2.05) is 0 Å². The Labute approximate surface area is 118 Å². The van der Waals surface area contributed by atoms with Gasteiger partial charge in [0.2, 0.25) is 0 Å². The molecule has 0 radical (unpaired) electrons. The van der Waals surface area contributed by atoms with Crippen LogP contribution < -0.4 is 0 Å². The zero-order chi connectivity index (χ0) is 14.7. The van der Waals surface area contributed by atoms with Crippen molar-refractivity contribution >= 4 is 17.7 Å². The summed E-state index contributed by atoms with van der Waals surface area (Å²) in [6.07, 6.45) is 1.57. The molecule has 0 saturated heterocycles. The molecule has 0 bridgehead atoms. The third-order valence-electron chi connectivity index (χ3n) is 2.62. The number of carboxylic acids is 1. The van der Waals surface area contributed by atoms with Gasteiger partial charge in [-0.25, -0.2) is 14.2 Å². The molecular weight excluding hydrogens is 279 g/mol. The second kappa shape index (κ2) is 5.72. The molecule has 20 heavy (non-hydrogen) atoms. The number of carbonyl (C=O) groups is 1. The zero-order valence-corrected chi connectivity index (χ0v) is 11.2. The molecule has 0 aliphatic rings. The van der Waals surface area contributed by atoms with Crippen molar-refractivity contribution in [1.29, 1.82) is 5.26 Å². The van der Waals surface area contributed by atoms with Crippen molar-refractivity contribution in [2.24, 2.45) is 0 Å². The highest BCUT2D eigenvalue weighted by atomic mass is 32.2. The molecule has 4 nitrogen and oxygen atoms in total. The highest BCUT2D eigenvalue weighted by molar-refractivity contribution is 7.99. The molecular formula is C14H9FN2O2S. The molecule has 0 fully saturated rings. The number of halogens is 1. The van der Waals surface area contributed by atoms with Gasteiger partial charge in [-0.3, -0.25) is 0 Å². The Kier molecular flexibility index (Phi) is 4.01. The Morgan fingerprint density at radius 3 is 2.85 bits per heavy atom. The van der Waals surface area contributed by atoms with Crippen LogP contribution in [0, 0.1) is 24.1 Å². The summed E-state index contributed by atoms with van der Waals surface area (Å²) in [5.74, 6) is -2.12. The number of rotatable bonds is 3. The van der Waals surface area contributed by atoms with Gasteiger partial charge in [-0.15, -0.1) is 0 Å². The van der Waals surface area contributed by atoms with Crippen LogP contribution >= 0.6 is 11.8 Å². The predicted octanol–water partition coefficient (Wildman–Crippen LogP) is 3.25. The monoisotopic (exact) mass is 288 g/mol. The Morgan fingerprint density at radius 1 is 1.45 bits per heavy atom. The minimum atomic E-state index is -1.33. The lowest BCUT2D eigenvalue weighted by molar-refractivity contribution is 0.0691. The number of hydrogen-bond donors (Lipinski definition) is 1. The average molecular weight is 288 g/mol. The number of nitriles is 1. The number of aromatic nitrogens is 1. The molecule has 0 spiro atoms. The van der Waals surface area contributed by atoms with Gasteiger partial charge in [0.25, 0.3) is 0 Å². The van der Waals surface area contributed by atoms with Crippen LogP contribution in [0.2, 0.25) is 0 Å². The standard InChI is InChI=1S/C14H9FN2O2S/c1-8-4-5-17-13(11(8)7-16)20-9-2-3-12(15)10(6-9)14(18)19/h2-6H,1H3,(H,18,19). The number of benzene rings is 1. The van der Waals surface area contributed by atoms with Crippen LogP contribution in [-0.4, -0.2) is 16.1 Å². The summed E-state index contributed by atoms with van der Waals surface area (Å²) in [6, 6.07) is 7.55. The minimum absolute atomic E-state index is 0.402. The van der Waals surface area contributed by atoms with Crippen molar-refractivity contribution in [3.05, 3.63) is 53.0 Å². The summed E-state index contributed by atoms with van der Waals surface area (Å²) in [4.78, 5) is 15.5. The number of carboxylic acid groups (broad SMARTS) is 1. The quantitative estimate of drug-likeness (QED) is 0.938. The highest BCUT2D eigenvalue weighted by Crippen LogP contribution is 2.30. The maximum absolute atomic E-state index is 13.3. The van der Waals surface area contributed by atoms with E-state index in [4.69, 9.17) is 10.4 Å². The largest absolute Gasteiger partial charge is 0.478 e. The van der Waals surface area contributed by atoms with Gasteiger partial charge in [0, 0.05) is 11.1 Å². The summed E-state index contributed by atoms with van der Waals surface area (Å²) in [5, 5.41) is 18.5. The molecule has 100 valence electrons. The first-order valence-corrected chi connectivity index (χ1v) is 6.41. The predicted molar refractivity (Wildman–Crippen MR) is 71.2 cm³/mol. The second-order valence-electron chi connectivity index (χ2n) is 3.97. The van der Waals surface area contributed by atoms with E-state index in [2.05, 4.69) is 11.1 Å². The minimum Gasteiger partial charge on any atom is -0.478 e. The fourth-order valence-corrected chi connectivity index (χ4v) is 2.55. The van der Waals surface area contributed by atoms with E-state index >= 15 is 0 Å². The number of hydrogen-bond acceptors (Lipinski definition) is 4. The molecule has 2 aromatic rings. The van der Waals surface area contributed by atoms with E-state index < -0.39 is 17.3 Å². The van der Waals surface area contributed by atoms with Crippen LogP contribution in [0.15, 0.2) is 40.4 Å². The summed E-state index contributed by atoms with van der Waals surface area (Å²) in [5.41, 5.74) is 0.811. The van der Waals surface area contributed by atoms with Crippen LogP contribution in [0.5, 0.6) is 0 Å². The molecule has 2 rings (SSSR count). The van der Waals surface area contributed by atoms with Crippen molar-refractivity contribution in [3.63, 3.8) is 0 Å². The van der Waals surface area contributed by atoms with E-state index in [-0.39, 0.29) is 0 Å². The van der Waals surface area contributed by atoms with Crippen molar-refractivity contribution in [2.75, 3.05) is 0 Å². The number of pyridine rings is 1. The Hall–Kier alpha value is -2.39. The lowest BCUT2D eigenvalue weighted by atomic mass is 10.2. The molecule has 1 heterocycles. The fraction of sp³-hybridized carbons (Fsp3) is 0.0714. The van der Waals surface area contributed by atoms with Gasteiger partial charge < -0.3 is 5.11 Å². The molecule has 0 unspecified atom stereocenters. The smallest absolute Gasteiger partial charge is 0.338 e. The second-order valence-corrected chi connectivity index (χ2v) is 5.03. The van der Waals surface area contributed by atoms with Crippen LogP contribution in [0.4, 0.5) is 4.39 Å². The fourth-order valence-electron chi connectivity index (χ4n) is 1.59. The molecule has 1 aromatic heterocycles. The molecule has 1 N–H and O–H groups in total. The third kappa shape index (κ3) is 2.78. The van der Waals surface area contributed by atoms with Gasteiger partial charge in [-0.2, -0.15) is 5.26 Å². The SMILES string of the molecule is Cc1ccnc(Sc2ccc(F)c(C(=O)O)c2)c1C#N. The first-order chi connectivity index (χ1) is 9.52. The Balaban J connectivity index is 2.41. The van der Waals surface area contributed by atoms with Gasteiger partial charge in [-0.1, -0.05) is 11.8 Å². The van der Waals surface area contributed by atoms with Gasteiger partial charge >= 0.3 is 5.97 Å². The van der Waals surface area contributed by atoms with E-state index in [1.54, 1.807) is 19.2 Å². The third-order valence-corrected chi connectivity index (χ3v) is 3.61. The highest BCUT2D eigenvalue weighted by Gasteiger charge is 2.13. The van der Waals surface area contributed by atoms with Crippen molar-refractivity contribution in [3.8, 4) is 6.07 Å². The summed E-state index contributed by atoms with van der Waals surface area (Å²) < 4.78 is 13.3. The zero-order valence-electron chi connectivity index (χ0n) is 10.4. The van der Waals surface area contributed by atoms with Crippen LogP contribution in [0.25, 0.3) is 0 Å². The number of nitrogens with zero attached hydrogens (tertiary/aromatic N) is 2. The van der Waals surface area contributed by atoms with Gasteiger partial charge in [0.15, 0.2) is 0 Å². The maximum Gasteiger partial charge on any atom is 0.338 e. The van der Waals surface area contributed by atoms with Gasteiger partial charge in [-0.05, 0) is 36.8 Å². The lowest BCUT2D eigenvalue weighted by Crippen LogP contribution is -2.00. The molecule has 6 heteroatoms. The Morgan fingerprint density at radius 2 is 2.20 bits per heavy atom. The molecule has 0 aliphatic carbocycles. The molecule has 0 atom stereocenters. The van der Waals surface area contributed by atoms with Gasteiger partial charge in [0.1, 0.15) is 16.9 Å². The van der Waals surface area contributed by atoms with Crippen molar-refractivity contribution in [1.82, 2.24) is 4.98 Å². The molecule has 1 aromatic carbocycles. The van der Waals surface area contributed by atoms with E-state index in [9.17, 15) is 9.18 Å². The van der Waals surface area contributed by atoms with E-state index in [1.165, 1.54) is 12.1 Å². The molecule has 0 saturated carbocycles. The molecule has 0 amide bonds. The lowest BCUT2D eigenvalue weighted by Gasteiger charge is -2.06. The first-order valence-electron chi connectivity index (χ1n) is 5.59. The Bertz CT molecular complexity index is 726. The van der Waals surface area contributed by atoms with Crippen LogP contribution in [0.1, 0.15) is 21.5 Å². The average Bonchev–Trinajstić information content (AvgIpc) is 2.41. The summed E-state index contributed by atoms with van der Waals surface area (Å²) in [7, 11) is 0. The normalized spacial score (nSPS) is 10.1. The number of aromatic carboxylic acids is 1. The van der Waals surface area contributed by atoms with E-state index in [0.29, 0.717) is 15.5 Å². The van der Waals surface area contributed by atoms with Crippen molar-refractivity contribution < 1.29 is 14.3 Å². The van der Waals surface area contributed by atoms with E-state index in [0.717, 1.165) is 23.4 Å². The van der Waals surface area contributed by atoms with Crippen LogP contribution in [-0.2, 0) is 0 Å². The first kappa shape index (κ1) is 14.0. The maximum atomic E-state index is 13.3.